The minimum Gasteiger partial charge on any atom is -0.474 e. The minimum absolute atomic E-state index is 0.124. The van der Waals surface area contributed by atoms with E-state index in [0.29, 0.717) is 25.6 Å². The molecule has 6 heteroatoms. The van der Waals surface area contributed by atoms with Crippen LogP contribution in [-0.4, -0.2) is 61.7 Å². The number of carbonyl (C=O) groups excluding carboxylic acids is 1. The van der Waals surface area contributed by atoms with Crippen molar-refractivity contribution in [1.29, 1.82) is 0 Å². The van der Waals surface area contributed by atoms with Crippen LogP contribution in [0.1, 0.15) is 0 Å². The molecule has 1 aromatic heterocycles. The number of piperazine rings is 1. The Kier molecular flexibility index (Phi) is 3.61. The second-order valence-electron chi connectivity index (χ2n) is 4.75. The van der Waals surface area contributed by atoms with Gasteiger partial charge in [-0.25, -0.2) is 4.98 Å². The van der Waals surface area contributed by atoms with Gasteiger partial charge in [-0.1, -0.05) is 0 Å². The summed E-state index contributed by atoms with van der Waals surface area (Å²) in [4.78, 5) is 20.5. The van der Waals surface area contributed by atoms with Gasteiger partial charge in [0.15, 0.2) is 0 Å². The molecule has 0 spiro atoms. The highest BCUT2D eigenvalue weighted by atomic mass is 16.5. The van der Waals surface area contributed by atoms with E-state index in [2.05, 4.69) is 15.2 Å². The summed E-state index contributed by atoms with van der Waals surface area (Å²) in [6.45, 7) is 5.34. The third-order valence-corrected chi connectivity index (χ3v) is 3.47. The fourth-order valence-electron chi connectivity index (χ4n) is 2.46. The van der Waals surface area contributed by atoms with Crippen molar-refractivity contribution < 1.29 is 9.53 Å². The summed E-state index contributed by atoms with van der Waals surface area (Å²) in [5.41, 5.74) is 0.786. The average molecular weight is 262 g/mol. The van der Waals surface area contributed by atoms with Gasteiger partial charge in [0.2, 0.25) is 11.8 Å². The summed E-state index contributed by atoms with van der Waals surface area (Å²) in [7, 11) is 0. The molecule has 1 aromatic rings. The largest absolute Gasteiger partial charge is 0.474 e. The van der Waals surface area contributed by atoms with E-state index in [-0.39, 0.29) is 5.91 Å². The summed E-state index contributed by atoms with van der Waals surface area (Å²) in [5.74, 6) is 0.682. The molecule has 0 atom stereocenters. The van der Waals surface area contributed by atoms with Gasteiger partial charge in [0.05, 0.1) is 13.1 Å². The molecule has 102 valence electrons. The molecule has 2 aliphatic rings. The number of rotatable bonds is 2. The Hall–Kier alpha value is -1.66. The molecule has 0 unspecified atom stereocenters. The summed E-state index contributed by atoms with van der Waals surface area (Å²) in [6.07, 6.45) is 1.68. The Morgan fingerprint density at radius 2 is 2.21 bits per heavy atom. The molecule has 1 fully saturated rings. The lowest BCUT2D eigenvalue weighted by molar-refractivity contribution is -0.120. The van der Waals surface area contributed by atoms with E-state index < -0.39 is 0 Å². The fourth-order valence-corrected chi connectivity index (χ4v) is 2.46. The van der Waals surface area contributed by atoms with Gasteiger partial charge < -0.3 is 15.0 Å². The average Bonchev–Trinajstić information content (AvgIpc) is 2.47. The molecule has 0 aliphatic carbocycles. The number of nitrogens with one attached hydrogen (secondary N) is 1. The number of ether oxygens (including phenoxy) is 1. The first-order valence-electron chi connectivity index (χ1n) is 6.66. The van der Waals surface area contributed by atoms with Crippen molar-refractivity contribution in [3.63, 3.8) is 0 Å². The smallest absolute Gasteiger partial charge is 0.241 e. The van der Waals surface area contributed by atoms with Gasteiger partial charge in [0.1, 0.15) is 12.3 Å². The number of aromatic nitrogens is 1. The molecule has 1 N–H and O–H groups in total. The van der Waals surface area contributed by atoms with Crippen LogP contribution in [0.2, 0.25) is 0 Å². The van der Waals surface area contributed by atoms with Gasteiger partial charge in [0.25, 0.3) is 0 Å². The predicted octanol–water partition coefficient (Wildman–Crippen LogP) is -0.288. The van der Waals surface area contributed by atoms with Crippen LogP contribution in [-0.2, 0) is 4.79 Å². The number of pyridine rings is 1. The molecule has 6 nitrogen and oxygen atoms in total. The van der Waals surface area contributed by atoms with E-state index in [0.717, 1.165) is 31.9 Å². The maximum absolute atomic E-state index is 12.4. The maximum Gasteiger partial charge on any atom is 0.241 e. The number of nitrogens with zero attached hydrogens (tertiary/aromatic N) is 3. The van der Waals surface area contributed by atoms with E-state index in [1.807, 2.05) is 12.1 Å². The van der Waals surface area contributed by atoms with Crippen LogP contribution >= 0.6 is 0 Å². The summed E-state index contributed by atoms with van der Waals surface area (Å²) >= 11 is 0. The molecule has 0 bridgehead atoms. The lowest BCUT2D eigenvalue weighted by atomic mass is 10.3. The standard InChI is InChI=1S/C13H18N4O2/c18-12(10-16-6-4-14-5-7-16)17-8-9-19-13-11(17)2-1-3-15-13/h1-3,14H,4-10H2. The molecule has 0 aromatic carbocycles. The van der Waals surface area contributed by atoms with Gasteiger partial charge in [-0.05, 0) is 12.1 Å². The Bertz CT molecular complexity index is 460. The first-order chi connectivity index (χ1) is 9.34. The van der Waals surface area contributed by atoms with Crippen LogP contribution in [0.15, 0.2) is 18.3 Å². The molecular formula is C13H18N4O2. The number of hydrogen-bond acceptors (Lipinski definition) is 5. The van der Waals surface area contributed by atoms with Crippen molar-refractivity contribution >= 4 is 11.6 Å². The van der Waals surface area contributed by atoms with Crippen LogP contribution in [0.5, 0.6) is 5.88 Å². The summed E-state index contributed by atoms with van der Waals surface area (Å²) < 4.78 is 5.47. The zero-order valence-corrected chi connectivity index (χ0v) is 10.8. The normalized spacial score (nSPS) is 19.7. The lowest BCUT2D eigenvalue weighted by Gasteiger charge is -2.32. The molecule has 0 saturated carbocycles. The SMILES string of the molecule is O=C(CN1CCNCC1)N1CCOc2ncccc21. The Balaban J connectivity index is 1.70. The summed E-state index contributed by atoms with van der Waals surface area (Å²) in [5, 5.41) is 3.29. The molecule has 3 heterocycles. The quantitative estimate of drug-likeness (QED) is 0.794. The maximum atomic E-state index is 12.4. The van der Waals surface area contributed by atoms with E-state index >= 15 is 0 Å². The number of anilines is 1. The molecule has 1 saturated heterocycles. The van der Waals surface area contributed by atoms with E-state index in [9.17, 15) is 4.79 Å². The van der Waals surface area contributed by atoms with Crippen molar-refractivity contribution in [3.05, 3.63) is 18.3 Å². The Labute approximate surface area is 112 Å². The van der Waals surface area contributed by atoms with Crippen molar-refractivity contribution in [1.82, 2.24) is 15.2 Å². The fraction of sp³-hybridized carbons (Fsp3) is 0.538. The zero-order valence-electron chi connectivity index (χ0n) is 10.8. The van der Waals surface area contributed by atoms with E-state index in [4.69, 9.17) is 4.74 Å². The molecule has 0 radical (unpaired) electrons. The van der Waals surface area contributed by atoms with Crippen LogP contribution in [0, 0.1) is 0 Å². The second-order valence-corrected chi connectivity index (χ2v) is 4.75. The number of fused-ring (bicyclic) bond motifs is 1. The van der Waals surface area contributed by atoms with Gasteiger partial charge in [-0.3, -0.25) is 9.69 Å². The number of hydrogen-bond donors (Lipinski definition) is 1. The van der Waals surface area contributed by atoms with Crippen molar-refractivity contribution in [2.24, 2.45) is 0 Å². The third-order valence-electron chi connectivity index (χ3n) is 3.47. The number of amides is 1. The Morgan fingerprint density at radius 3 is 3.05 bits per heavy atom. The van der Waals surface area contributed by atoms with E-state index in [1.165, 1.54) is 0 Å². The van der Waals surface area contributed by atoms with Crippen LogP contribution in [0.4, 0.5) is 5.69 Å². The topological polar surface area (TPSA) is 57.7 Å². The molecular weight excluding hydrogens is 244 g/mol. The third kappa shape index (κ3) is 2.69. The monoisotopic (exact) mass is 262 g/mol. The van der Waals surface area contributed by atoms with Crippen molar-refractivity contribution in [2.45, 2.75) is 0 Å². The van der Waals surface area contributed by atoms with Gasteiger partial charge in [-0.15, -0.1) is 0 Å². The predicted molar refractivity (Wildman–Crippen MR) is 71.4 cm³/mol. The first-order valence-corrected chi connectivity index (χ1v) is 6.66. The number of carbonyl (C=O) groups is 1. The van der Waals surface area contributed by atoms with E-state index in [1.54, 1.807) is 11.1 Å². The van der Waals surface area contributed by atoms with Crippen LogP contribution in [0.25, 0.3) is 0 Å². The molecule has 1 amide bonds. The van der Waals surface area contributed by atoms with Gasteiger partial charge >= 0.3 is 0 Å². The lowest BCUT2D eigenvalue weighted by Crippen LogP contribution is -2.49. The van der Waals surface area contributed by atoms with Crippen LogP contribution in [0.3, 0.4) is 0 Å². The highest BCUT2D eigenvalue weighted by Gasteiger charge is 2.25. The van der Waals surface area contributed by atoms with Gasteiger partial charge in [-0.2, -0.15) is 0 Å². The molecule has 2 aliphatic heterocycles. The minimum atomic E-state index is 0.124. The van der Waals surface area contributed by atoms with Crippen molar-refractivity contribution in [3.8, 4) is 5.88 Å². The molecule has 3 rings (SSSR count). The van der Waals surface area contributed by atoms with Crippen LogP contribution < -0.4 is 15.0 Å². The highest BCUT2D eigenvalue weighted by Crippen LogP contribution is 2.28. The second kappa shape index (κ2) is 5.54. The molecule has 19 heavy (non-hydrogen) atoms. The Morgan fingerprint density at radius 1 is 1.37 bits per heavy atom. The first kappa shape index (κ1) is 12.4. The zero-order chi connectivity index (χ0) is 13.1. The van der Waals surface area contributed by atoms with Crippen molar-refractivity contribution in [2.75, 3.05) is 50.8 Å². The van der Waals surface area contributed by atoms with Gasteiger partial charge in [0, 0.05) is 32.4 Å². The summed E-state index contributed by atoms with van der Waals surface area (Å²) in [6, 6.07) is 3.72. The highest BCUT2D eigenvalue weighted by molar-refractivity contribution is 5.96.